The van der Waals surface area contributed by atoms with E-state index in [2.05, 4.69) is 5.32 Å². The van der Waals surface area contributed by atoms with Crippen molar-refractivity contribution in [2.24, 2.45) is 0 Å². The van der Waals surface area contributed by atoms with Crippen LogP contribution in [0, 0.1) is 0 Å². The number of aliphatic carboxylic acids is 1. The molecule has 2 atom stereocenters. The number of carbonyl (C=O) groups excluding carboxylic acids is 1. The molecule has 1 aliphatic heterocycles. The fourth-order valence-corrected chi connectivity index (χ4v) is 2.29. The summed E-state index contributed by atoms with van der Waals surface area (Å²) >= 11 is 0. The molecule has 1 unspecified atom stereocenters. The van der Waals surface area contributed by atoms with Crippen molar-refractivity contribution in [2.45, 2.75) is 51.1 Å². The molecular weight excluding hydrogens is 236 g/mol. The van der Waals surface area contributed by atoms with E-state index >= 15 is 0 Å². The van der Waals surface area contributed by atoms with E-state index in [0.29, 0.717) is 19.4 Å². The van der Waals surface area contributed by atoms with Gasteiger partial charge in [-0.05, 0) is 32.1 Å². The van der Waals surface area contributed by atoms with Crippen molar-refractivity contribution in [1.82, 2.24) is 10.2 Å². The van der Waals surface area contributed by atoms with Crippen LogP contribution in [0.1, 0.15) is 39.0 Å². The molecule has 2 amide bonds. The third-order valence-electron chi connectivity index (χ3n) is 3.35. The second-order valence-electron chi connectivity index (χ2n) is 4.60. The first kappa shape index (κ1) is 14.8. The summed E-state index contributed by atoms with van der Waals surface area (Å²) in [6.45, 7) is 2.40. The van der Waals surface area contributed by atoms with E-state index in [-0.39, 0.29) is 18.7 Å². The molecule has 0 aromatic rings. The molecule has 1 aliphatic rings. The molecule has 1 rings (SSSR count). The average Bonchev–Trinajstić information content (AvgIpc) is 2.36. The van der Waals surface area contributed by atoms with Crippen molar-refractivity contribution >= 4 is 12.0 Å². The fourth-order valence-electron chi connectivity index (χ4n) is 2.29. The molecule has 0 radical (unpaired) electrons. The molecular formula is C12H22N2O4. The monoisotopic (exact) mass is 258 g/mol. The molecule has 1 saturated heterocycles. The van der Waals surface area contributed by atoms with E-state index < -0.39 is 12.0 Å². The Balaban J connectivity index is 2.59. The van der Waals surface area contributed by atoms with Crippen molar-refractivity contribution in [2.75, 3.05) is 13.2 Å². The lowest BCUT2D eigenvalue weighted by Gasteiger charge is -2.36. The zero-order valence-corrected chi connectivity index (χ0v) is 10.8. The minimum atomic E-state index is -1.01. The standard InChI is InChI=1S/C12H22N2O4/c1-2-10(11(16)17)13-12(18)14-7-4-3-5-9(14)6-8-15/h9-10,15H,2-8H2,1H3,(H,13,18)(H,16,17)/t9?,10-/m0/s1. The number of carboxylic acid groups (broad SMARTS) is 1. The molecule has 0 aromatic carbocycles. The number of urea groups is 1. The molecule has 0 spiro atoms. The predicted octanol–water partition coefficient (Wildman–Crippen LogP) is 0.796. The number of nitrogens with one attached hydrogen (secondary N) is 1. The summed E-state index contributed by atoms with van der Waals surface area (Å²) < 4.78 is 0. The number of aliphatic hydroxyl groups is 1. The Labute approximate surface area is 107 Å². The topological polar surface area (TPSA) is 89.9 Å². The number of rotatable bonds is 5. The number of nitrogens with zero attached hydrogens (tertiary/aromatic N) is 1. The Kier molecular flexibility index (Phi) is 5.91. The van der Waals surface area contributed by atoms with Gasteiger partial charge in [-0.15, -0.1) is 0 Å². The van der Waals surface area contributed by atoms with Crippen LogP contribution in [0.15, 0.2) is 0 Å². The third-order valence-corrected chi connectivity index (χ3v) is 3.35. The van der Waals surface area contributed by atoms with Crippen molar-refractivity contribution in [1.29, 1.82) is 0 Å². The van der Waals surface area contributed by atoms with Crippen molar-refractivity contribution in [3.8, 4) is 0 Å². The molecule has 6 nitrogen and oxygen atoms in total. The minimum Gasteiger partial charge on any atom is -0.480 e. The van der Waals surface area contributed by atoms with Gasteiger partial charge in [-0.2, -0.15) is 0 Å². The quantitative estimate of drug-likeness (QED) is 0.680. The van der Waals surface area contributed by atoms with Crippen LogP contribution in [0.4, 0.5) is 4.79 Å². The van der Waals surface area contributed by atoms with Crippen LogP contribution < -0.4 is 5.32 Å². The first-order chi connectivity index (χ1) is 8.60. The molecule has 0 saturated carbocycles. The lowest BCUT2D eigenvalue weighted by atomic mass is 10.00. The number of likely N-dealkylation sites (tertiary alicyclic amines) is 1. The number of piperidine rings is 1. The largest absolute Gasteiger partial charge is 0.480 e. The van der Waals surface area contributed by atoms with E-state index in [9.17, 15) is 9.59 Å². The summed E-state index contributed by atoms with van der Waals surface area (Å²) in [6, 6.07) is -1.15. The molecule has 0 bridgehead atoms. The molecule has 6 heteroatoms. The van der Waals surface area contributed by atoms with Gasteiger partial charge in [0.15, 0.2) is 0 Å². The molecule has 0 aliphatic carbocycles. The number of hydrogen-bond donors (Lipinski definition) is 3. The van der Waals surface area contributed by atoms with E-state index in [4.69, 9.17) is 10.2 Å². The van der Waals surface area contributed by atoms with Gasteiger partial charge in [0.05, 0.1) is 0 Å². The molecule has 104 valence electrons. The van der Waals surface area contributed by atoms with Crippen LogP contribution in [-0.2, 0) is 4.79 Å². The van der Waals surface area contributed by atoms with Crippen molar-refractivity contribution < 1.29 is 19.8 Å². The summed E-state index contributed by atoms with van der Waals surface area (Å²) in [7, 11) is 0. The van der Waals surface area contributed by atoms with Gasteiger partial charge in [-0.25, -0.2) is 9.59 Å². The fraction of sp³-hybridized carbons (Fsp3) is 0.833. The maximum absolute atomic E-state index is 12.0. The van der Waals surface area contributed by atoms with E-state index in [1.54, 1.807) is 11.8 Å². The van der Waals surface area contributed by atoms with Crippen molar-refractivity contribution in [3.63, 3.8) is 0 Å². The Morgan fingerprint density at radius 2 is 2.17 bits per heavy atom. The van der Waals surface area contributed by atoms with Gasteiger partial charge in [0, 0.05) is 19.2 Å². The Hall–Kier alpha value is -1.30. The van der Waals surface area contributed by atoms with Crippen LogP contribution >= 0.6 is 0 Å². The zero-order chi connectivity index (χ0) is 13.5. The minimum absolute atomic E-state index is 0.0232. The second kappa shape index (κ2) is 7.20. The van der Waals surface area contributed by atoms with Gasteiger partial charge in [-0.1, -0.05) is 6.92 Å². The van der Waals surface area contributed by atoms with Crippen LogP contribution in [0.25, 0.3) is 0 Å². The Bertz CT molecular complexity index is 294. The van der Waals surface area contributed by atoms with E-state index in [1.807, 2.05) is 0 Å². The summed E-state index contributed by atoms with van der Waals surface area (Å²) in [5, 5.41) is 20.4. The first-order valence-electron chi connectivity index (χ1n) is 6.51. The highest BCUT2D eigenvalue weighted by molar-refractivity contribution is 5.82. The highest BCUT2D eigenvalue weighted by Gasteiger charge is 2.28. The lowest BCUT2D eigenvalue weighted by Crippen LogP contribution is -2.53. The summed E-state index contributed by atoms with van der Waals surface area (Å²) in [5.74, 6) is -1.01. The van der Waals surface area contributed by atoms with Gasteiger partial charge in [0.1, 0.15) is 6.04 Å². The summed E-state index contributed by atoms with van der Waals surface area (Å²) in [6.07, 6.45) is 3.76. The average molecular weight is 258 g/mol. The van der Waals surface area contributed by atoms with Gasteiger partial charge >= 0.3 is 12.0 Å². The normalized spacial score (nSPS) is 21.4. The lowest BCUT2D eigenvalue weighted by molar-refractivity contribution is -0.139. The maximum atomic E-state index is 12.0. The van der Waals surface area contributed by atoms with Gasteiger partial charge in [0.2, 0.25) is 0 Å². The zero-order valence-electron chi connectivity index (χ0n) is 10.8. The Morgan fingerprint density at radius 1 is 1.44 bits per heavy atom. The van der Waals surface area contributed by atoms with Gasteiger partial charge in [-0.3, -0.25) is 0 Å². The molecule has 3 N–H and O–H groups in total. The molecule has 1 fully saturated rings. The van der Waals surface area contributed by atoms with E-state index in [1.165, 1.54) is 0 Å². The van der Waals surface area contributed by atoms with Crippen LogP contribution in [0.2, 0.25) is 0 Å². The van der Waals surface area contributed by atoms with Crippen LogP contribution in [0.5, 0.6) is 0 Å². The second-order valence-corrected chi connectivity index (χ2v) is 4.60. The maximum Gasteiger partial charge on any atom is 0.326 e. The number of aliphatic hydroxyl groups excluding tert-OH is 1. The van der Waals surface area contributed by atoms with Gasteiger partial charge in [0.25, 0.3) is 0 Å². The highest BCUT2D eigenvalue weighted by Crippen LogP contribution is 2.19. The van der Waals surface area contributed by atoms with Gasteiger partial charge < -0.3 is 20.4 Å². The third kappa shape index (κ3) is 3.87. The summed E-state index contributed by atoms with van der Waals surface area (Å²) in [5.41, 5.74) is 0. The summed E-state index contributed by atoms with van der Waals surface area (Å²) in [4.78, 5) is 24.6. The number of carbonyl (C=O) groups is 2. The van der Waals surface area contributed by atoms with E-state index in [0.717, 1.165) is 19.3 Å². The smallest absolute Gasteiger partial charge is 0.326 e. The molecule has 18 heavy (non-hydrogen) atoms. The van der Waals surface area contributed by atoms with Crippen LogP contribution in [0.3, 0.4) is 0 Å². The Morgan fingerprint density at radius 3 is 2.72 bits per heavy atom. The SMILES string of the molecule is CC[C@H](NC(=O)N1CCCCC1CCO)C(=O)O. The van der Waals surface area contributed by atoms with Crippen LogP contribution in [-0.4, -0.2) is 52.3 Å². The predicted molar refractivity (Wildman–Crippen MR) is 66.3 cm³/mol. The highest BCUT2D eigenvalue weighted by atomic mass is 16.4. The molecule has 0 aromatic heterocycles. The molecule has 1 heterocycles. The number of carboxylic acids is 1. The first-order valence-corrected chi connectivity index (χ1v) is 6.51. The number of amides is 2. The van der Waals surface area contributed by atoms with Crippen molar-refractivity contribution in [3.05, 3.63) is 0 Å². The number of hydrogen-bond acceptors (Lipinski definition) is 3.